The number of alkyl halides is 3. The van der Waals surface area contributed by atoms with Crippen molar-refractivity contribution in [2.75, 3.05) is 17.1 Å². The highest BCUT2D eigenvalue weighted by atomic mass is 32.2. The maximum Gasteiger partial charge on any atom is 0.418 e. The fourth-order valence-electron chi connectivity index (χ4n) is 2.10. The first-order chi connectivity index (χ1) is 11.6. The van der Waals surface area contributed by atoms with Crippen LogP contribution in [0.5, 0.6) is 0 Å². The molecule has 1 amide bonds. The Kier molecular flexibility index (Phi) is 5.41. The van der Waals surface area contributed by atoms with E-state index in [4.69, 9.17) is 4.42 Å². The number of nitrogens with zero attached hydrogens (tertiary/aromatic N) is 1. The highest BCUT2D eigenvalue weighted by molar-refractivity contribution is 7.92. The van der Waals surface area contributed by atoms with Gasteiger partial charge in [0.2, 0.25) is 15.9 Å². The number of benzene rings is 1. The normalized spacial score (nSPS) is 12.0. The molecule has 0 bridgehead atoms. The van der Waals surface area contributed by atoms with Crippen LogP contribution in [0.3, 0.4) is 0 Å². The van der Waals surface area contributed by atoms with Crippen molar-refractivity contribution < 1.29 is 30.8 Å². The van der Waals surface area contributed by atoms with Gasteiger partial charge in [-0.3, -0.25) is 9.10 Å². The summed E-state index contributed by atoms with van der Waals surface area (Å²) in [6, 6.07) is 7.36. The Morgan fingerprint density at radius 2 is 1.88 bits per heavy atom. The number of hydrogen-bond acceptors (Lipinski definition) is 4. The summed E-state index contributed by atoms with van der Waals surface area (Å²) in [5, 5.41) is 2.40. The first kappa shape index (κ1) is 18.8. The Morgan fingerprint density at radius 1 is 1.20 bits per heavy atom. The highest BCUT2D eigenvalue weighted by Gasteiger charge is 2.36. The lowest BCUT2D eigenvalue weighted by Gasteiger charge is -2.25. The number of nitrogens with one attached hydrogen (secondary N) is 1. The number of halogens is 3. The van der Waals surface area contributed by atoms with Crippen LogP contribution in [0.1, 0.15) is 11.3 Å². The SMILES string of the molecule is CS(=O)(=O)N(CC(=O)NCc1ccco1)c1ccccc1C(F)(F)F. The van der Waals surface area contributed by atoms with Crippen LogP contribution in [0.4, 0.5) is 18.9 Å². The van der Waals surface area contributed by atoms with Crippen molar-refractivity contribution in [3.8, 4) is 0 Å². The molecule has 1 aromatic carbocycles. The highest BCUT2D eigenvalue weighted by Crippen LogP contribution is 2.37. The number of hydrogen-bond donors (Lipinski definition) is 1. The maximum atomic E-state index is 13.1. The van der Waals surface area contributed by atoms with E-state index in [2.05, 4.69) is 5.32 Å². The van der Waals surface area contributed by atoms with Gasteiger partial charge in [-0.25, -0.2) is 8.42 Å². The Labute approximate surface area is 142 Å². The number of carbonyl (C=O) groups excluding carboxylic acids is 1. The zero-order chi connectivity index (χ0) is 18.7. The van der Waals surface area contributed by atoms with E-state index in [0.29, 0.717) is 10.1 Å². The molecule has 2 aromatic rings. The summed E-state index contributed by atoms with van der Waals surface area (Å²) in [5.41, 5.74) is -1.75. The van der Waals surface area contributed by atoms with E-state index in [9.17, 15) is 26.4 Å². The summed E-state index contributed by atoms with van der Waals surface area (Å²) < 4.78 is 68.7. The van der Waals surface area contributed by atoms with E-state index in [1.165, 1.54) is 12.3 Å². The molecule has 136 valence electrons. The molecule has 6 nitrogen and oxygen atoms in total. The average Bonchev–Trinajstić information content (AvgIpc) is 3.02. The van der Waals surface area contributed by atoms with Gasteiger partial charge in [0.15, 0.2) is 0 Å². The Morgan fingerprint density at radius 3 is 2.44 bits per heavy atom. The van der Waals surface area contributed by atoms with Gasteiger partial charge in [0.1, 0.15) is 12.3 Å². The summed E-state index contributed by atoms with van der Waals surface area (Å²) in [6.45, 7) is -0.795. The maximum absolute atomic E-state index is 13.1. The monoisotopic (exact) mass is 376 g/mol. The Hall–Kier alpha value is -2.49. The van der Waals surface area contributed by atoms with Gasteiger partial charge in [-0.1, -0.05) is 12.1 Å². The molecule has 25 heavy (non-hydrogen) atoms. The Balaban J connectivity index is 2.25. The molecule has 0 spiro atoms. The minimum absolute atomic E-state index is 0.00957. The lowest BCUT2D eigenvalue weighted by atomic mass is 10.1. The number of para-hydroxylation sites is 1. The molecule has 0 unspecified atom stereocenters. The predicted molar refractivity (Wildman–Crippen MR) is 84.2 cm³/mol. The van der Waals surface area contributed by atoms with Crippen molar-refractivity contribution in [1.29, 1.82) is 0 Å². The van der Waals surface area contributed by atoms with Crippen molar-refractivity contribution >= 4 is 21.6 Å². The zero-order valence-electron chi connectivity index (χ0n) is 13.1. The first-order valence-corrected chi connectivity index (χ1v) is 8.87. The van der Waals surface area contributed by atoms with Crippen molar-refractivity contribution in [3.05, 3.63) is 54.0 Å². The van der Waals surface area contributed by atoms with Gasteiger partial charge in [-0.05, 0) is 24.3 Å². The molecule has 0 atom stereocenters. The molecule has 10 heteroatoms. The fourth-order valence-corrected chi connectivity index (χ4v) is 2.97. The number of rotatable bonds is 6. The Bertz CT molecular complexity index is 833. The largest absolute Gasteiger partial charge is 0.467 e. The third-order valence-electron chi connectivity index (χ3n) is 3.21. The van der Waals surface area contributed by atoms with E-state index in [-0.39, 0.29) is 6.54 Å². The van der Waals surface area contributed by atoms with Crippen molar-refractivity contribution in [2.45, 2.75) is 12.7 Å². The van der Waals surface area contributed by atoms with E-state index < -0.39 is 39.9 Å². The van der Waals surface area contributed by atoms with Gasteiger partial charge in [-0.2, -0.15) is 13.2 Å². The summed E-state index contributed by atoms with van der Waals surface area (Å²) >= 11 is 0. The van der Waals surface area contributed by atoms with Crippen molar-refractivity contribution in [3.63, 3.8) is 0 Å². The average molecular weight is 376 g/mol. The second kappa shape index (κ2) is 7.18. The van der Waals surface area contributed by atoms with E-state index in [0.717, 1.165) is 24.5 Å². The van der Waals surface area contributed by atoms with Gasteiger partial charge in [-0.15, -0.1) is 0 Å². The van der Waals surface area contributed by atoms with Crippen LogP contribution in [0, 0.1) is 0 Å². The van der Waals surface area contributed by atoms with Crippen molar-refractivity contribution in [2.24, 2.45) is 0 Å². The number of amides is 1. The molecule has 0 aliphatic carbocycles. The van der Waals surface area contributed by atoms with Gasteiger partial charge in [0.05, 0.1) is 30.3 Å². The molecule has 2 rings (SSSR count). The predicted octanol–water partition coefficient (Wildman–Crippen LogP) is 2.38. The molecule has 1 N–H and O–H groups in total. The number of carbonyl (C=O) groups is 1. The second-order valence-electron chi connectivity index (χ2n) is 5.14. The van der Waals surface area contributed by atoms with Crippen LogP contribution in [-0.2, 0) is 27.5 Å². The summed E-state index contributed by atoms with van der Waals surface area (Å²) in [6.07, 6.45) is -2.63. The lowest BCUT2D eigenvalue weighted by molar-refractivity contribution is -0.137. The van der Waals surface area contributed by atoms with Crippen LogP contribution < -0.4 is 9.62 Å². The molecule has 0 saturated heterocycles. The van der Waals surface area contributed by atoms with Crippen LogP contribution in [0.15, 0.2) is 47.1 Å². The molecule has 0 fully saturated rings. The molecule has 1 aromatic heterocycles. The lowest BCUT2D eigenvalue weighted by Crippen LogP contribution is -2.41. The van der Waals surface area contributed by atoms with Gasteiger partial charge in [0, 0.05) is 0 Å². The van der Waals surface area contributed by atoms with Crippen LogP contribution in [-0.4, -0.2) is 27.1 Å². The zero-order valence-corrected chi connectivity index (χ0v) is 13.9. The minimum atomic E-state index is -4.76. The standard InChI is InChI=1S/C15H15F3N2O4S/c1-25(22,23)20(10-14(21)19-9-11-5-4-8-24-11)13-7-3-2-6-12(13)15(16,17)18/h2-8H,9-10H2,1H3,(H,19,21). The molecule has 0 aliphatic heterocycles. The van der Waals surface area contributed by atoms with Crippen LogP contribution in [0.25, 0.3) is 0 Å². The third kappa shape index (κ3) is 4.99. The molecule has 1 heterocycles. The molecular formula is C15H15F3N2O4S. The summed E-state index contributed by atoms with van der Waals surface area (Å²) in [4.78, 5) is 12.0. The summed E-state index contributed by atoms with van der Waals surface area (Å²) in [7, 11) is -4.12. The van der Waals surface area contributed by atoms with Crippen molar-refractivity contribution in [1.82, 2.24) is 5.32 Å². The molecule has 0 aliphatic rings. The molecular weight excluding hydrogens is 361 g/mol. The number of sulfonamides is 1. The van der Waals surface area contributed by atoms with Gasteiger partial charge >= 0.3 is 6.18 Å². The van der Waals surface area contributed by atoms with Crippen LogP contribution >= 0.6 is 0 Å². The van der Waals surface area contributed by atoms with E-state index in [1.54, 1.807) is 12.1 Å². The van der Waals surface area contributed by atoms with Gasteiger partial charge < -0.3 is 9.73 Å². The first-order valence-electron chi connectivity index (χ1n) is 7.02. The number of anilines is 1. The smallest absolute Gasteiger partial charge is 0.418 e. The molecule has 0 saturated carbocycles. The minimum Gasteiger partial charge on any atom is -0.467 e. The quantitative estimate of drug-likeness (QED) is 0.840. The van der Waals surface area contributed by atoms with E-state index in [1.807, 2.05) is 0 Å². The third-order valence-corrected chi connectivity index (χ3v) is 4.33. The topological polar surface area (TPSA) is 79.6 Å². The number of furan rings is 1. The second-order valence-corrected chi connectivity index (χ2v) is 7.05. The van der Waals surface area contributed by atoms with Crippen LogP contribution in [0.2, 0.25) is 0 Å². The van der Waals surface area contributed by atoms with E-state index >= 15 is 0 Å². The van der Waals surface area contributed by atoms with Gasteiger partial charge in [0.25, 0.3) is 0 Å². The molecule has 0 radical (unpaired) electrons. The summed E-state index contributed by atoms with van der Waals surface area (Å²) in [5.74, 6) is -0.339. The fraction of sp³-hybridized carbons (Fsp3) is 0.267.